The van der Waals surface area contributed by atoms with E-state index in [2.05, 4.69) is 52.0 Å². The first-order valence-corrected chi connectivity index (χ1v) is 8.92. The van der Waals surface area contributed by atoms with E-state index in [1.54, 1.807) is 6.26 Å². The summed E-state index contributed by atoms with van der Waals surface area (Å²) in [5.74, 6) is 1.39. The van der Waals surface area contributed by atoms with Crippen LogP contribution in [-0.2, 0) is 26.6 Å². The molecule has 0 fully saturated rings. The molecule has 5 heteroatoms. The van der Waals surface area contributed by atoms with Crippen molar-refractivity contribution in [1.29, 1.82) is 0 Å². The fourth-order valence-electron chi connectivity index (χ4n) is 3.81. The van der Waals surface area contributed by atoms with Gasteiger partial charge >= 0.3 is 0 Å². The molecule has 0 saturated heterocycles. The van der Waals surface area contributed by atoms with Crippen molar-refractivity contribution in [1.82, 2.24) is 19.4 Å². The molecule has 5 rings (SSSR count). The van der Waals surface area contributed by atoms with Crippen LogP contribution in [-0.4, -0.2) is 26.0 Å². The molecule has 0 saturated carbocycles. The third kappa shape index (κ3) is 2.61. The minimum atomic E-state index is 0.667. The predicted octanol–water partition coefficient (Wildman–Crippen LogP) is 3.79. The predicted molar refractivity (Wildman–Crippen MR) is 100 cm³/mol. The number of aromatic nitrogens is 3. The average Bonchev–Trinajstić information content (AvgIpc) is 3.31. The molecule has 1 aliphatic rings. The Bertz CT molecular complexity index is 1070. The molecule has 0 bridgehead atoms. The van der Waals surface area contributed by atoms with Crippen molar-refractivity contribution in [2.75, 3.05) is 6.54 Å². The van der Waals surface area contributed by atoms with Gasteiger partial charge in [-0.1, -0.05) is 18.2 Å². The van der Waals surface area contributed by atoms with E-state index in [0.29, 0.717) is 5.82 Å². The highest BCUT2D eigenvalue weighted by atomic mass is 16.3. The van der Waals surface area contributed by atoms with Gasteiger partial charge in [-0.2, -0.15) is 0 Å². The summed E-state index contributed by atoms with van der Waals surface area (Å²) in [6, 6.07) is 12.4. The summed E-state index contributed by atoms with van der Waals surface area (Å²) in [5.41, 5.74) is 5.00. The van der Waals surface area contributed by atoms with Gasteiger partial charge in [0.25, 0.3) is 0 Å². The molecule has 130 valence electrons. The zero-order valence-corrected chi connectivity index (χ0v) is 14.7. The van der Waals surface area contributed by atoms with Gasteiger partial charge in [-0.3, -0.25) is 4.90 Å². The van der Waals surface area contributed by atoms with Crippen molar-refractivity contribution in [3.8, 4) is 11.6 Å². The fourth-order valence-corrected chi connectivity index (χ4v) is 3.81. The highest BCUT2D eigenvalue weighted by Gasteiger charge is 2.20. The van der Waals surface area contributed by atoms with Gasteiger partial charge in [0, 0.05) is 50.0 Å². The van der Waals surface area contributed by atoms with Gasteiger partial charge in [0.1, 0.15) is 0 Å². The standard InChI is InChI=1S/C21H20N4O/c1-24-12-16(17-5-2-3-6-19(17)24)13-25-9-8-15-11-22-21(23-18(15)14-25)20-7-4-10-26-20/h2-7,10-12H,8-9,13-14H2,1H3. The van der Waals surface area contributed by atoms with Crippen LogP contribution in [0.4, 0.5) is 0 Å². The minimum absolute atomic E-state index is 0.667. The third-order valence-corrected chi connectivity index (χ3v) is 5.14. The lowest BCUT2D eigenvalue weighted by molar-refractivity contribution is 0.242. The molecular formula is C21H20N4O. The van der Waals surface area contributed by atoms with Gasteiger partial charge in [0.2, 0.25) is 0 Å². The van der Waals surface area contributed by atoms with Crippen LogP contribution in [0.5, 0.6) is 0 Å². The molecule has 0 radical (unpaired) electrons. The molecule has 0 amide bonds. The number of nitrogens with zero attached hydrogens (tertiary/aromatic N) is 4. The highest BCUT2D eigenvalue weighted by molar-refractivity contribution is 5.83. The van der Waals surface area contributed by atoms with E-state index in [4.69, 9.17) is 9.40 Å². The first kappa shape index (κ1) is 15.3. The third-order valence-electron chi connectivity index (χ3n) is 5.14. The Labute approximate surface area is 151 Å². The van der Waals surface area contributed by atoms with Gasteiger partial charge < -0.3 is 8.98 Å². The van der Waals surface area contributed by atoms with E-state index >= 15 is 0 Å². The van der Waals surface area contributed by atoms with Crippen molar-refractivity contribution < 1.29 is 4.42 Å². The van der Waals surface area contributed by atoms with Crippen LogP contribution in [0.25, 0.3) is 22.5 Å². The van der Waals surface area contributed by atoms with E-state index in [-0.39, 0.29) is 0 Å². The number of fused-ring (bicyclic) bond motifs is 2. The Kier molecular flexibility index (Phi) is 3.60. The minimum Gasteiger partial charge on any atom is -0.461 e. The second kappa shape index (κ2) is 6.11. The van der Waals surface area contributed by atoms with E-state index in [1.165, 1.54) is 22.0 Å². The molecule has 5 nitrogen and oxygen atoms in total. The molecule has 0 spiro atoms. The maximum absolute atomic E-state index is 5.44. The van der Waals surface area contributed by atoms with Crippen molar-refractivity contribution >= 4 is 10.9 Å². The van der Waals surface area contributed by atoms with E-state index < -0.39 is 0 Å². The quantitative estimate of drug-likeness (QED) is 0.567. The summed E-state index contributed by atoms with van der Waals surface area (Å²) in [4.78, 5) is 11.7. The Balaban J connectivity index is 1.42. The molecule has 4 heterocycles. The lowest BCUT2D eigenvalue weighted by Gasteiger charge is -2.27. The largest absolute Gasteiger partial charge is 0.461 e. The summed E-state index contributed by atoms with van der Waals surface area (Å²) in [7, 11) is 2.11. The number of hydrogen-bond acceptors (Lipinski definition) is 4. The van der Waals surface area contributed by atoms with E-state index in [9.17, 15) is 0 Å². The zero-order chi connectivity index (χ0) is 17.5. The van der Waals surface area contributed by atoms with Crippen molar-refractivity contribution in [2.24, 2.45) is 7.05 Å². The molecule has 26 heavy (non-hydrogen) atoms. The summed E-state index contributed by atoms with van der Waals surface area (Å²) >= 11 is 0. The van der Waals surface area contributed by atoms with Gasteiger partial charge in [-0.15, -0.1) is 0 Å². The van der Waals surface area contributed by atoms with Gasteiger partial charge in [-0.25, -0.2) is 9.97 Å². The number of benzene rings is 1. The number of para-hydroxylation sites is 1. The van der Waals surface area contributed by atoms with Crippen LogP contribution in [0.1, 0.15) is 16.8 Å². The zero-order valence-electron chi connectivity index (χ0n) is 14.7. The van der Waals surface area contributed by atoms with Crippen molar-refractivity contribution in [3.63, 3.8) is 0 Å². The summed E-state index contributed by atoms with van der Waals surface area (Å²) < 4.78 is 7.65. The van der Waals surface area contributed by atoms with Crippen LogP contribution >= 0.6 is 0 Å². The Morgan fingerprint density at radius 2 is 2.08 bits per heavy atom. The topological polar surface area (TPSA) is 47.1 Å². The molecule has 0 unspecified atom stereocenters. The maximum atomic E-state index is 5.44. The van der Waals surface area contributed by atoms with E-state index in [1.807, 2.05) is 18.3 Å². The number of aryl methyl sites for hydroxylation is 1. The van der Waals surface area contributed by atoms with E-state index in [0.717, 1.165) is 37.5 Å². The second-order valence-corrected chi connectivity index (χ2v) is 6.89. The summed E-state index contributed by atoms with van der Waals surface area (Å²) in [6.07, 6.45) is 6.84. The molecule has 0 aliphatic carbocycles. The average molecular weight is 344 g/mol. The maximum Gasteiger partial charge on any atom is 0.195 e. The van der Waals surface area contributed by atoms with Gasteiger partial charge in [-0.05, 0) is 35.7 Å². The molecule has 0 N–H and O–H groups in total. The first-order valence-electron chi connectivity index (χ1n) is 8.92. The van der Waals surface area contributed by atoms with Crippen molar-refractivity contribution in [2.45, 2.75) is 19.5 Å². The smallest absolute Gasteiger partial charge is 0.195 e. The molecule has 4 aromatic rings. The second-order valence-electron chi connectivity index (χ2n) is 6.89. The van der Waals surface area contributed by atoms with Crippen molar-refractivity contribution in [3.05, 3.63) is 71.9 Å². The monoisotopic (exact) mass is 344 g/mol. The number of rotatable bonds is 3. The molecule has 3 aromatic heterocycles. The van der Waals surface area contributed by atoms with Crippen LogP contribution in [0.3, 0.4) is 0 Å². The van der Waals surface area contributed by atoms with Gasteiger partial charge in [0.15, 0.2) is 11.6 Å². The lowest BCUT2D eigenvalue weighted by Crippen LogP contribution is -2.31. The number of hydrogen-bond donors (Lipinski definition) is 0. The van der Waals surface area contributed by atoms with Crippen LogP contribution in [0.15, 0.2) is 59.5 Å². The lowest BCUT2D eigenvalue weighted by atomic mass is 10.1. The summed E-state index contributed by atoms with van der Waals surface area (Å²) in [6.45, 7) is 2.80. The Morgan fingerprint density at radius 1 is 1.15 bits per heavy atom. The Morgan fingerprint density at radius 3 is 2.96 bits per heavy atom. The molecule has 1 aliphatic heterocycles. The molecule has 0 atom stereocenters. The van der Waals surface area contributed by atoms with Gasteiger partial charge in [0.05, 0.1) is 12.0 Å². The fraction of sp³-hybridized carbons (Fsp3) is 0.238. The normalized spacial score (nSPS) is 14.7. The molecular weight excluding hydrogens is 324 g/mol. The highest BCUT2D eigenvalue weighted by Crippen LogP contribution is 2.25. The number of furan rings is 1. The summed E-state index contributed by atoms with van der Waals surface area (Å²) in [5, 5.41) is 1.33. The first-order chi connectivity index (χ1) is 12.8. The van der Waals surface area contributed by atoms with Crippen LogP contribution in [0, 0.1) is 0 Å². The van der Waals surface area contributed by atoms with Crippen LogP contribution in [0.2, 0.25) is 0 Å². The van der Waals surface area contributed by atoms with Crippen LogP contribution < -0.4 is 0 Å². The Hall–Kier alpha value is -2.92. The SMILES string of the molecule is Cn1cc(CN2CCc3cnc(-c4ccco4)nc3C2)c2ccccc21. The molecule has 1 aromatic carbocycles.